The van der Waals surface area contributed by atoms with Crippen LogP contribution in [0.2, 0.25) is 10.0 Å². The number of morpholine rings is 1. The number of aryl methyl sites for hydroxylation is 1. The van der Waals surface area contributed by atoms with Crippen molar-refractivity contribution < 1.29 is 22.7 Å². The van der Waals surface area contributed by atoms with Crippen molar-refractivity contribution in [2.45, 2.75) is 18.2 Å². The zero-order valence-corrected chi connectivity index (χ0v) is 18.7. The Balaban J connectivity index is 1.68. The summed E-state index contributed by atoms with van der Waals surface area (Å²) in [5.74, 6) is 0.0955. The van der Waals surface area contributed by atoms with Gasteiger partial charge in [0.25, 0.3) is 5.91 Å². The van der Waals surface area contributed by atoms with E-state index in [2.05, 4.69) is 5.32 Å². The average Bonchev–Trinajstić information content (AvgIpc) is 2.75. The van der Waals surface area contributed by atoms with Crippen molar-refractivity contribution in [3.63, 3.8) is 0 Å². The third kappa shape index (κ3) is 5.44. The lowest BCUT2D eigenvalue weighted by Crippen LogP contribution is -2.40. The summed E-state index contributed by atoms with van der Waals surface area (Å²) in [7, 11) is -3.79. The number of carbonyl (C=O) groups is 1. The summed E-state index contributed by atoms with van der Waals surface area (Å²) in [4.78, 5) is 12.2. The molecule has 2 aromatic carbocycles. The molecule has 10 heteroatoms. The molecule has 1 heterocycles. The van der Waals surface area contributed by atoms with E-state index in [1.54, 1.807) is 18.2 Å². The molecule has 0 aromatic heterocycles. The van der Waals surface area contributed by atoms with Crippen molar-refractivity contribution in [3.05, 3.63) is 52.0 Å². The van der Waals surface area contributed by atoms with Crippen LogP contribution in [0.4, 0.5) is 5.69 Å². The Bertz CT molecular complexity index is 1020. The van der Waals surface area contributed by atoms with Crippen LogP contribution in [0, 0.1) is 0 Å². The molecule has 0 radical (unpaired) electrons. The molecule has 1 N–H and O–H groups in total. The van der Waals surface area contributed by atoms with Crippen LogP contribution >= 0.6 is 23.2 Å². The molecule has 162 valence electrons. The van der Waals surface area contributed by atoms with E-state index < -0.39 is 15.9 Å². The van der Waals surface area contributed by atoms with Crippen LogP contribution in [0.5, 0.6) is 5.75 Å². The van der Waals surface area contributed by atoms with Gasteiger partial charge < -0.3 is 14.8 Å². The monoisotopic (exact) mass is 472 g/mol. The fraction of sp³-hybridized carbons (Fsp3) is 0.350. The number of rotatable bonds is 7. The largest absolute Gasteiger partial charge is 0.484 e. The third-order valence-corrected chi connectivity index (χ3v) is 7.32. The molecular formula is C20H22Cl2N2O5S. The van der Waals surface area contributed by atoms with Gasteiger partial charge in [0.05, 0.1) is 18.2 Å². The number of ether oxygens (including phenoxy) is 2. The molecule has 1 aliphatic heterocycles. The Morgan fingerprint density at radius 1 is 1.13 bits per heavy atom. The molecule has 0 aliphatic carbocycles. The Morgan fingerprint density at radius 3 is 2.53 bits per heavy atom. The summed E-state index contributed by atoms with van der Waals surface area (Å²) in [6, 6.07) is 9.52. The number of carbonyl (C=O) groups excluding carboxylic acids is 1. The zero-order valence-electron chi connectivity index (χ0n) is 16.4. The number of nitrogens with zero attached hydrogens (tertiary/aromatic N) is 1. The SMILES string of the molecule is CCc1cc(OCC(=O)Nc2ccc(Cl)c(S(=O)(=O)N3CCOCC3)c2)ccc1Cl. The fourth-order valence-electron chi connectivity index (χ4n) is 2.96. The van der Waals surface area contributed by atoms with Gasteiger partial charge in [-0.1, -0.05) is 30.1 Å². The van der Waals surface area contributed by atoms with Crippen molar-refractivity contribution >= 4 is 44.8 Å². The number of anilines is 1. The summed E-state index contributed by atoms with van der Waals surface area (Å²) in [5.41, 5.74) is 1.23. The van der Waals surface area contributed by atoms with Crippen LogP contribution in [0.3, 0.4) is 0 Å². The maximum atomic E-state index is 12.9. The van der Waals surface area contributed by atoms with Gasteiger partial charge in [-0.3, -0.25) is 4.79 Å². The fourth-order valence-corrected chi connectivity index (χ4v) is 5.12. The number of benzene rings is 2. The van der Waals surface area contributed by atoms with Gasteiger partial charge in [0.15, 0.2) is 6.61 Å². The number of halogens is 2. The summed E-state index contributed by atoms with van der Waals surface area (Å²) in [6.07, 6.45) is 0.743. The lowest BCUT2D eigenvalue weighted by atomic mass is 10.1. The van der Waals surface area contributed by atoms with Crippen LogP contribution in [0.25, 0.3) is 0 Å². The van der Waals surface area contributed by atoms with E-state index in [9.17, 15) is 13.2 Å². The normalized spacial score (nSPS) is 15.0. The second-order valence-corrected chi connectivity index (χ2v) is 9.33. The maximum Gasteiger partial charge on any atom is 0.262 e. The van der Waals surface area contributed by atoms with E-state index >= 15 is 0 Å². The van der Waals surface area contributed by atoms with Gasteiger partial charge in [-0.05, 0) is 48.4 Å². The van der Waals surface area contributed by atoms with E-state index in [1.807, 2.05) is 6.92 Å². The highest BCUT2D eigenvalue weighted by atomic mass is 35.5. The zero-order chi connectivity index (χ0) is 21.7. The minimum Gasteiger partial charge on any atom is -0.484 e. The van der Waals surface area contributed by atoms with Crippen molar-refractivity contribution in [2.24, 2.45) is 0 Å². The molecule has 0 atom stereocenters. The molecule has 0 unspecified atom stereocenters. The average molecular weight is 473 g/mol. The van der Waals surface area contributed by atoms with E-state index in [0.717, 1.165) is 12.0 Å². The third-order valence-electron chi connectivity index (χ3n) is 4.57. The van der Waals surface area contributed by atoms with Crippen LogP contribution in [0.15, 0.2) is 41.3 Å². The molecule has 0 spiro atoms. The number of nitrogens with one attached hydrogen (secondary N) is 1. The van der Waals surface area contributed by atoms with Crippen LogP contribution in [0.1, 0.15) is 12.5 Å². The molecule has 1 saturated heterocycles. The maximum absolute atomic E-state index is 12.9. The molecule has 30 heavy (non-hydrogen) atoms. The summed E-state index contributed by atoms with van der Waals surface area (Å²) in [5, 5.41) is 3.37. The smallest absolute Gasteiger partial charge is 0.262 e. The highest BCUT2D eigenvalue weighted by Gasteiger charge is 2.28. The number of hydrogen-bond acceptors (Lipinski definition) is 5. The first-order valence-electron chi connectivity index (χ1n) is 9.40. The Morgan fingerprint density at radius 2 is 1.83 bits per heavy atom. The number of hydrogen-bond donors (Lipinski definition) is 1. The van der Waals surface area contributed by atoms with E-state index in [4.69, 9.17) is 32.7 Å². The first kappa shape index (κ1) is 22.8. The standard InChI is InChI=1S/C20H22Cl2N2O5S/c1-2-14-11-16(4-6-17(14)21)29-13-20(25)23-15-3-5-18(22)19(12-15)30(26,27)24-7-9-28-10-8-24/h3-6,11-12H,2,7-10,13H2,1H3,(H,23,25). The van der Waals surface area contributed by atoms with Crippen molar-refractivity contribution in [1.82, 2.24) is 4.31 Å². The van der Waals surface area contributed by atoms with Crippen LogP contribution in [-0.2, 0) is 26.0 Å². The Hall–Kier alpha value is -1.84. The van der Waals surface area contributed by atoms with Gasteiger partial charge >= 0.3 is 0 Å². The predicted octanol–water partition coefficient (Wildman–Crippen LogP) is 3.59. The van der Waals surface area contributed by atoms with Crippen LogP contribution < -0.4 is 10.1 Å². The van der Waals surface area contributed by atoms with Gasteiger partial charge in [-0.2, -0.15) is 4.31 Å². The molecular weight excluding hydrogens is 451 g/mol. The summed E-state index contributed by atoms with van der Waals surface area (Å²) < 4.78 is 37.8. The van der Waals surface area contributed by atoms with Gasteiger partial charge in [0, 0.05) is 23.8 Å². The Kier molecular flexibility index (Phi) is 7.60. The lowest BCUT2D eigenvalue weighted by molar-refractivity contribution is -0.118. The molecule has 1 amide bonds. The molecule has 3 rings (SSSR count). The molecule has 0 bridgehead atoms. The van der Waals surface area contributed by atoms with Gasteiger partial charge in [0.2, 0.25) is 10.0 Å². The van der Waals surface area contributed by atoms with E-state index in [0.29, 0.717) is 29.7 Å². The van der Waals surface area contributed by atoms with Gasteiger partial charge in [0.1, 0.15) is 10.6 Å². The number of amides is 1. The summed E-state index contributed by atoms with van der Waals surface area (Å²) >= 11 is 12.2. The lowest BCUT2D eigenvalue weighted by Gasteiger charge is -2.26. The van der Waals surface area contributed by atoms with Crippen molar-refractivity contribution in [2.75, 3.05) is 38.2 Å². The second-order valence-electron chi connectivity index (χ2n) is 6.61. The topological polar surface area (TPSA) is 84.9 Å². The van der Waals surface area contributed by atoms with Gasteiger partial charge in [-0.25, -0.2) is 8.42 Å². The predicted molar refractivity (Wildman–Crippen MR) is 116 cm³/mol. The van der Waals surface area contributed by atoms with E-state index in [1.165, 1.54) is 22.5 Å². The first-order valence-corrected chi connectivity index (χ1v) is 11.6. The molecule has 1 aliphatic rings. The summed E-state index contributed by atoms with van der Waals surface area (Å²) in [6.45, 7) is 2.90. The highest BCUT2D eigenvalue weighted by Crippen LogP contribution is 2.28. The quantitative estimate of drug-likeness (QED) is 0.665. The minimum absolute atomic E-state index is 0.0601. The number of sulfonamides is 1. The molecule has 2 aromatic rings. The van der Waals surface area contributed by atoms with Crippen molar-refractivity contribution in [3.8, 4) is 5.75 Å². The molecule has 7 nitrogen and oxygen atoms in total. The van der Waals surface area contributed by atoms with E-state index in [-0.39, 0.29) is 29.6 Å². The Labute approximate surface area is 185 Å². The highest BCUT2D eigenvalue weighted by molar-refractivity contribution is 7.89. The molecule has 1 fully saturated rings. The van der Waals surface area contributed by atoms with Gasteiger partial charge in [-0.15, -0.1) is 0 Å². The van der Waals surface area contributed by atoms with Crippen molar-refractivity contribution in [1.29, 1.82) is 0 Å². The molecule has 0 saturated carbocycles. The van der Waals surface area contributed by atoms with Crippen LogP contribution in [-0.4, -0.2) is 51.5 Å². The minimum atomic E-state index is -3.79. The second kappa shape index (κ2) is 9.98. The first-order chi connectivity index (χ1) is 14.3.